The standard InChI is InChI=1S/C12H18O.C3H8.C2H6/c1-8-6-9(2)11(13)7-10(8)12(3,4)5;1-3-2;1-2/h6-7,13H,1-5H3;3H2,1-2H3;1-2H3. The van der Waals surface area contributed by atoms with E-state index in [1.165, 1.54) is 17.5 Å². The molecule has 0 aliphatic carbocycles. The van der Waals surface area contributed by atoms with Gasteiger partial charge in [-0.15, -0.1) is 0 Å². The lowest BCUT2D eigenvalue weighted by Gasteiger charge is -2.22. The SMILES string of the molecule is CC.CCC.Cc1cc(C)c(C(C)(C)C)cc1O. The maximum Gasteiger partial charge on any atom is 0.118 e. The highest BCUT2D eigenvalue weighted by Gasteiger charge is 2.17. The Kier molecular flexibility index (Phi) is 9.70. The van der Waals surface area contributed by atoms with E-state index in [1.54, 1.807) is 0 Å². The average Bonchev–Trinajstić information content (AvgIpc) is 2.26. The first-order valence-electron chi connectivity index (χ1n) is 7.04. The predicted octanol–water partition coefficient (Wildman–Crippen LogP) is 5.75. The summed E-state index contributed by atoms with van der Waals surface area (Å²) in [6.07, 6.45) is 1.25. The molecule has 0 aromatic heterocycles. The van der Waals surface area contributed by atoms with Crippen LogP contribution in [0.25, 0.3) is 0 Å². The molecule has 18 heavy (non-hydrogen) atoms. The molecule has 1 rings (SSSR count). The molecule has 0 unspecified atom stereocenters. The number of aromatic hydroxyl groups is 1. The Labute approximate surface area is 114 Å². The molecule has 1 aromatic carbocycles. The van der Waals surface area contributed by atoms with E-state index >= 15 is 0 Å². The third kappa shape index (κ3) is 6.68. The van der Waals surface area contributed by atoms with Gasteiger partial charge in [-0.2, -0.15) is 0 Å². The van der Waals surface area contributed by atoms with Crippen LogP contribution in [0.2, 0.25) is 0 Å². The molecule has 0 spiro atoms. The minimum absolute atomic E-state index is 0.106. The lowest BCUT2D eigenvalue weighted by atomic mass is 9.83. The first-order valence-corrected chi connectivity index (χ1v) is 7.04. The fourth-order valence-electron chi connectivity index (χ4n) is 1.65. The maximum atomic E-state index is 9.59. The summed E-state index contributed by atoms with van der Waals surface area (Å²) in [7, 11) is 0. The van der Waals surface area contributed by atoms with Crippen molar-refractivity contribution in [2.45, 2.75) is 74.1 Å². The zero-order valence-electron chi connectivity index (χ0n) is 13.8. The van der Waals surface area contributed by atoms with Gasteiger partial charge in [0.1, 0.15) is 5.75 Å². The van der Waals surface area contributed by atoms with E-state index in [9.17, 15) is 5.11 Å². The second-order valence-electron chi connectivity index (χ2n) is 5.41. The molecule has 0 saturated carbocycles. The molecule has 0 radical (unpaired) electrons. The van der Waals surface area contributed by atoms with E-state index in [0.29, 0.717) is 5.75 Å². The fraction of sp³-hybridized carbons (Fsp3) is 0.647. The average molecular weight is 252 g/mol. The van der Waals surface area contributed by atoms with Gasteiger partial charge in [0.25, 0.3) is 0 Å². The quantitative estimate of drug-likeness (QED) is 0.623. The van der Waals surface area contributed by atoms with Crippen LogP contribution in [-0.4, -0.2) is 5.11 Å². The molecule has 1 nitrogen and oxygen atoms in total. The Morgan fingerprint density at radius 3 is 1.67 bits per heavy atom. The summed E-state index contributed by atoms with van der Waals surface area (Å²) < 4.78 is 0. The Morgan fingerprint density at radius 1 is 0.944 bits per heavy atom. The summed E-state index contributed by atoms with van der Waals surface area (Å²) in [6.45, 7) is 18.7. The van der Waals surface area contributed by atoms with Crippen LogP contribution in [0, 0.1) is 13.8 Å². The number of hydrogen-bond donors (Lipinski definition) is 1. The van der Waals surface area contributed by atoms with Gasteiger partial charge in [0.05, 0.1) is 0 Å². The number of benzene rings is 1. The molecular formula is C17H32O. The Hall–Kier alpha value is -0.980. The Balaban J connectivity index is 0. The van der Waals surface area contributed by atoms with Crippen LogP contribution >= 0.6 is 0 Å². The molecule has 1 aromatic rings. The van der Waals surface area contributed by atoms with Gasteiger partial charge < -0.3 is 5.11 Å². The van der Waals surface area contributed by atoms with Crippen molar-refractivity contribution in [2.24, 2.45) is 0 Å². The van der Waals surface area contributed by atoms with Gasteiger partial charge in [-0.05, 0) is 42.0 Å². The lowest BCUT2D eigenvalue weighted by Crippen LogP contribution is -2.13. The molecule has 0 aliphatic heterocycles. The van der Waals surface area contributed by atoms with E-state index < -0.39 is 0 Å². The van der Waals surface area contributed by atoms with Crippen LogP contribution in [0.3, 0.4) is 0 Å². The third-order valence-corrected chi connectivity index (χ3v) is 2.35. The molecule has 0 fully saturated rings. The van der Waals surface area contributed by atoms with Crippen LogP contribution in [-0.2, 0) is 5.41 Å². The Morgan fingerprint density at radius 2 is 1.33 bits per heavy atom. The van der Waals surface area contributed by atoms with Crippen molar-refractivity contribution in [3.8, 4) is 5.75 Å². The van der Waals surface area contributed by atoms with Crippen LogP contribution in [0.1, 0.15) is 71.6 Å². The second-order valence-corrected chi connectivity index (χ2v) is 5.41. The van der Waals surface area contributed by atoms with Gasteiger partial charge >= 0.3 is 0 Å². The number of rotatable bonds is 0. The predicted molar refractivity (Wildman–Crippen MR) is 83.6 cm³/mol. The summed E-state index contributed by atoms with van der Waals surface area (Å²) in [5.41, 5.74) is 3.53. The highest BCUT2D eigenvalue weighted by Crippen LogP contribution is 2.30. The molecule has 0 saturated heterocycles. The summed E-state index contributed by atoms with van der Waals surface area (Å²) in [5.74, 6) is 0.399. The molecular weight excluding hydrogens is 220 g/mol. The molecule has 0 heterocycles. The molecule has 0 bridgehead atoms. The molecule has 0 aliphatic rings. The van der Waals surface area contributed by atoms with Crippen molar-refractivity contribution in [3.63, 3.8) is 0 Å². The number of phenols is 1. The smallest absolute Gasteiger partial charge is 0.118 e. The van der Waals surface area contributed by atoms with Crippen molar-refractivity contribution >= 4 is 0 Å². The Bertz CT molecular complexity index is 332. The van der Waals surface area contributed by atoms with Crippen LogP contribution in [0.4, 0.5) is 0 Å². The van der Waals surface area contributed by atoms with Crippen LogP contribution in [0.5, 0.6) is 5.75 Å². The highest BCUT2D eigenvalue weighted by molar-refractivity contribution is 5.43. The third-order valence-electron chi connectivity index (χ3n) is 2.35. The van der Waals surface area contributed by atoms with E-state index in [0.717, 1.165) is 5.56 Å². The summed E-state index contributed by atoms with van der Waals surface area (Å²) in [6, 6.07) is 3.92. The fourth-order valence-corrected chi connectivity index (χ4v) is 1.65. The van der Waals surface area contributed by atoms with Crippen LogP contribution < -0.4 is 0 Å². The van der Waals surface area contributed by atoms with Crippen molar-refractivity contribution in [1.82, 2.24) is 0 Å². The van der Waals surface area contributed by atoms with Gasteiger partial charge in [-0.1, -0.05) is 61.0 Å². The first-order chi connectivity index (χ1) is 8.23. The van der Waals surface area contributed by atoms with E-state index in [4.69, 9.17) is 0 Å². The first kappa shape index (κ1) is 19.4. The monoisotopic (exact) mass is 252 g/mol. The summed E-state index contributed by atoms with van der Waals surface area (Å²) in [4.78, 5) is 0. The minimum Gasteiger partial charge on any atom is -0.508 e. The van der Waals surface area contributed by atoms with E-state index in [2.05, 4.69) is 41.5 Å². The van der Waals surface area contributed by atoms with Crippen molar-refractivity contribution < 1.29 is 5.11 Å². The summed E-state index contributed by atoms with van der Waals surface area (Å²) >= 11 is 0. The van der Waals surface area contributed by atoms with Gasteiger partial charge in [-0.25, -0.2) is 0 Å². The molecule has 0 amide bonds. The van der Waals surface area contributed by atoms with Crippen molar-refractivity contribution in [1.29, 1.82) is 0 Å². The zero-order chi connectivity index (χ0) is 14.9. The van der Waals surface area contributed by atoms with Gasteiger partial charge in [-0.3, -0.25) is 0 Å². The van der Waals surface area contributed by atoms with Gasteiger partial charge in [0, 0.05) is 0 Å². The van der Waals surface area contributed by atoms with Crippen LogP contribution in [0.15, 0.2) is 12.1 Å². The highest BCUT2D eigenvalue weighted by atomic mass is 16.3. The van der Waals surface area contributed by atoms with Crippen molar-refractivity contribution in [3.05, 3.63) is 28.8 Å². The minimum atomic E-state index is 0.106. The van der Waals surface area contributed by atoms with Gasteiger partial charge in [0.15, 0.2) is 0 Å². The molecule has 0 atom stereocenters. The van der Waals surface area contributed by atoms with E-state index in [-0.39, 0.29) is 5.41 Å². The molecule has 106 valence electrons. The maximum absolute atomic E-state index is 9.59. The van der Waals surface area contributed by atoms with Gasteiger partial charge in [0.2, 0.25) is 0 Å². The molecule has 1 heteroatoms. The zero-order valence-corrected chi connectivity index (χ0v) is 13.8. The number of aryl methyl sites for hydroxylation is 2. The molecule has 1 N–H and O–H groups in total. The largest absolute Gasteiger partial charge is 0.508 e. The topological polar surface area (TPSA) is 20.2 Å². The normalized spacial score (nSPS) is 9.83. The lowest BCUT2D eigenvalue weighted by molar-refractivity contribution is 0.466. The van der Waals surface area contributed by atoms with Crippen molar-refractivity contribution in [2.75, 3.05) is 0 Å². The number of phenolic OH excluding ortho intramolecular Hbond substituents is 1. The second kappa shape index (κ2) is 9.02. The van der Waals surface area contributed by atoms with E-state index in [1.807, 2.05) is 32.9 Å². The summed E-state index contributed by atoms with van der Waals surface area (Å²) in [5, 5.41) is 9.59. The number of hydrogen-bond acceptors (Lipinski definition) is 1.